The molecular weight excluding hydrogens is 408 g/mol. The molecule has 0 saturated heterocycles. The molecule has 1 atom stereocenters. The Labute approximate surface area is 192 Å². The molecule has 0 bridgehead atoms. The number of rotatable bonds is 16. The molecule has 0 amide bonds. The second-order valence-corrected chi connectivity index (χ2v) is 7.80. The summed E-state index contributed by atoms with van der Waals surface area (Å²) in [6.07, 6.45) is 4.44. The van der Waals surface area contributed by atoms with Crippen LogP contribution in [-0.2, 0) is 25.4 Å². The van der Waals surface area contributed by atoms with E-state index >= 15 is 0 Å². The quantitative estimate of drug-likeness (QED) is 0.224. The van der Waals surface area contributed by atoms with Crippen LogP contribution in [0, 0.1) is 5.41 Å². The van der Waals surface area contributed by atoms with Gasteiger partial charge in [-0.3, -0.25) is 4.79 Å². The Morgan fingerprint density at radius 3 is 2.47 bits per heavy atom. The fraction of sp³-hybridized carbons (Fsp3) is 0.640. The SMILES string of the molecule is CCOC(=O)[C@@](CC)(CCCNCCc1c[nH]c2ccc(OC)cc12)C(OCC)OCC. The number of carbonyl (C=O) groups is 1. The number of carbonyl (C=O) groups excluding carboxylic acids is 1. The summed E-state index contributed by atoms with van der Waals surface area (Å²) in [7, 11) is 1.68. The molecule has 0 saturated carbocycles. The number of hydrogen-bond acceptors (Lipinski definition) is 6. The largest absolute Gasteiger partial charge is 0.497 e. The summed E-state index contributed by atoms with van der Waals surface area (Å²) < 4.78 is 22.4. The molecule has 0 aliphatic carbocycles. The molecule has 0 aliphatic heterocycles. The van der Waals surface area contributed by atoms with Gasteiger partial charge in [0.25, 0.3) is 0 Å². The summed E-state index contributed by atoms with van der Waals surface area (Å²) in [5, 5.41) is 4.70. The zero-order valence-electron chi connectivity index (χ0n) is 20.3. The van der Waals surface area contributed by atoms with Gasteiger partial charge in [-0.2, -0.15) is 0 Å². The van der Waals surface area contributed by atoms with Crippen molar-refractivity contribution in [3.05, 3.63) is 30.0 Å². The Balaban J connectivity index is 1.92. The standard InChI is InChI=1S/C25H40N2O5/c1-6-25(23(28)30-7-2,24(31-8-3)32-9-4)14-10-15-26-16-13-19-18-27-22-12-11-20(29-5)17-21(19)22/h11-12,17-18,24,26-27H,6-10,13-16H2,1-5H3/t25-/m1/s1. The van der Waals surface area contributed by atoms with E-state index < -0.39 is 11.7 Å². The number of fused-ring (bicyclic) bond motifs is 1. The number of aromatic nitrogens is 1. The Bertz CT molecular complexity index is 816. The van der Waals surface area contributed by atoms with Crippen LogP contribution in [0.3, 0.4) is 0 Å². The molecule has 2 rings (SSSR count). The fourth-order valence-corrected chi connectivity index (χ4v) is 4.12. The molecule has 0 radical (unpaired) electrons. The molecule has 7 heteroatoms. The molecule has 0 fully saturated rings. The molecule has 1 aromatic carbocycles. The average Bonchev–Trinajstić information content (AvgIpc) is 3.21. The topological polar surface area (TPSA) is 81.8 Å². The molecule has 1 heterocycles. The van der Waals surface area contributed by atoms with E-state index in [1.165, 1.54) is 10.9 Å². The van der Waals surface area contributed by atoms with Crippen molar-refractivity contribution in [1.29, 1.82) is 0 Å². The third kappa shape index (κ3) is 6.47. The van der Waals surface area contributed by atoms with Gasteiger partial charge in [-0.15, -0.1) is 0 Å². The van der Waals surface area contributed by atoms with Crippen LogP contribution in [0.25, 0.3) is 10.9 Å². The molecule has 32 heavy (non-hydrogen) atoms. The van der Waals surface area contributed by atoms with Crippen molar-refractivity contribution in [2.24, 2.45) is 5.41 Å². The zero-order valence-corrected chi connectivity index (χ0v) is 20.3. The van der Waals surface area contributed by atoms with Gasteiger partial charge in [-0.05, 0) is 83.3 Å². The number of hydrogen-bond donors (Lipinski definition) is 2. The number of methoxy groups -OCH3 is 1. The summed E-state index contributed by atoms with van der Waals surface area (Å²) in [6.45, 7) is 10.6. The normalized spacial score (nSPS) is 13.4. The van der Waals surface area contributed by atoms with Gasteiger partial charge in [0.15, 0.2) is 6.29 Å². The molecule has 7 nitrogen and oxygen atoms in total. The summed E-state index contributed by atoms with van der Waals surface area (Å²) in [5.41, 5.74) is 1.58. The maximum atomic E-state index is 12.9. The zero-order chi connectivity index (χ0) is 23.4. The summed E-state index contributed by atoms with van der Waals surface area (Å²) in [5.74, 6) is 0.626. The van der Waals surface area contributed by atoms with Crippen molar-refractivity contribution >= 4 is 16.9 Å². The molecule has 2 aromatic rings. The lowest BCUT2D eigenvalue weighted by Gasteiger charge is -2.37. The van der Waals surface area contributed by atoms with Gasteiger partial charge in [0.1, 0.15) is 11.2 Å². The second-order valence-electron chi connectivity index (χ2n) is 7.80. The Kier molecular flexibility index (Phi) is 11.0. The number of ether oxygens (including phenoxy) is 4. The highest BCUT2D eigenvalue weighted by atomic mass is 16.7. The molecular formula is C25H40N2O5. The Morgan fingerprint density at radius 1 is 1.09 bits per heavy atom. The highest BCUT2D eigenvalue weighted by Crippen LogP contribution is 2.36. The monoisotopic (exact) mass is 448 g/mol. The third-order valence-corrected chi connectivity index (χ3v) is 5.92. The maximum Gasteiger partial charge on any atom is 0.317 e. The van der Waals surface area contributed by atoms with E-state index in [4.69, 9.17) is 18.9 Å². The van der Waals surface area contributed by atoms with Crippen molar-refractivity contribution in [2.45, 2.75) is 59.7 Å². The first kappa shape index (κ1) is 26.2. The van der Waals surface area contributed by atoms with Crippen LogP contribution >= 0.6 is 0 Å². The molecule has 2 N–H and O–H groups in total. The molecule has 0 spiro atoms. The van der Waals surface area contributed by atoms with Crippen molar-refractivity contribution in [3.8, 4) is 5.75 Å². The molecule has 0 unspecified atom stereocenters. The van der Waals surface area contributed by atoms with Crippen molar-refractivity contribution in [3.63, 3.8) is 0 Å². The number of benzene rings is 1. The lowest BCUT2D eigenvalue weighted by molar-refractivity contribution is -0.221. The first-order chi connectivity index (χ1) is 15.6. The van der Waals surface area contributed by atoms with E-state index in [2.05, 4.69) is 22.6 Å². The number of esters is 1. The minimum absolute atomic E-state index is 0.234. The molecule has 180 valence electrons. The van der Waals surface area contributed by atoms with Gasteiger partial charge in [0, 0.05) is 30.3 Å². The highest BCUT2D eigenvalue weighted by Gasteiger charge is 2.46. The van der Waals surface area contributed by atoms with Gasteiger partial charge < -0.3 is 29.2 Å². The van der Waals surface area contributed by atoms with Crippen LogP contribution in [-0.4, -0.2) is 57.3 Å². The maximum absolute atomic E-state index is 12.9. The third-order valence-electron chi connectivity index (χ3n) is 5.92. The van der Waals surface area contributed by atoms with Crippen LogP contribution in [0.2, 0.25) is 0 Å². The lowest BCUT2D eigenvalue weighted by atomic mass is 9.79. The minimum Gasteiger partial charge on any atom is -0.497 e. The predicted molar refractivity (Wildman–Crippen MR) is 127 cm³/mol. The number of aromatic amines is 1. The Morgan fingerprint density at radius 2 is 1.84 bits per heavy atom. The lowest BCUT2D eigenvalue weighted by Crippen LogP contribution is -2.46. The predicted octanol–water partition coefficient (Wildman–Crippen LogP) is 4.45. The first-order valence-electron chi connectivity index (χ1n) is 11.8. The van der Waals surface area contributed by atoms with Crippen molar-refractivity contribution in [2.75, 3.05) is 40.0 Å². The van der Waals surface area contributed by atoms with Gasteiger partial charge in [-0.1, -0.05) is 6.92 Å². The van der Waals surface area contributed by atoms with E-state index in [1.807, 2.05) is 39.8 Å². The van der Waals surface area contributed by atoms with Gasteiger partial charge in [-0.25, -0.2) is 0 Å². The van der Waals surface area contributed by atoms with Crippen LogP contribution in [0.5, 0.6) is 5.75 Å². The van der Waals surface area contributed by atoms with Gasteiger partial charge in [0.05, 0.1) is 13.7 Å². The summed E-state index contributed by atoms with van der Waals surface area (Å²) in [6, 6.07) is 6.07. The van der Waals surface area contributed by atoms with Crippen LogP contribution < -0.4 is 10.1 Å². The van der Waals surface area contributed by atoms with Crippen LogP contribution in [0.1, 0.15) is 52.5 Å². The summed E-state index contributed by atoms with van der Waals surface area (Å²) in [4.78, 5) is 16.2. The van der Waals surface area contributed by atoms with E-state index in [0.717, 1.165) is 37.2 Å². The van der Waals surface area contributed by atoms with E-state index in [1.54, 1.807) is 7.11 Å². The number of nitrogens with one attached hydrogen (secondary N) is 2. The van der Waals surface area contributed by atoms with Gasteiger partial charge >= 0.3 is 5.97 Å². The molecule has 1 aromatic heterocycles. The van der Waals surface area contributed by atoms with Crippen molar-refractivity contribution < 1.29 is 23.7 Å². The molecule has 0 aliphatic rings. The van der Waals surface area contributed by atoms with Crippen LogP contribution in [0.4, 0.5) is 0 Å². The van der Waals surface area contributed by atoms with Crippen LogP contribution in [0.15, 0.2) is 24.4 Å². The van der Waals surface area contributed by atoms with E-state index in [-0.39, 0.29) is 5.97 Å². The fourth-order valence-electron chi connectivity index (χ4n) is 4.12. The first-order valence-corrected chi connectivity index (χ1v) is 11.8. The number of H-pyrrole nitrogens is 1. The summed E-state index contributed by atoms with van der Waals surface area (Å²) >= 11 is 0. The van der Waals surface area contributed by atoms with E-state index in [9.17, 15) is 4.79 Å². The highest BCUT2D eigenvalue weighted by molar-refractivity contribution is 5.84. The smallest absolute Gasteiger partial charge is 0.317 e. The van der Waals surface area contributed by atoms with Gasteiger partial charge in [0.2, 0.25) is 0 Å². The second kappa shape index (κ2) is 13.5. The minimum atomic E-state index is -0.795. The van der Waals surface area contributed by atoms with E-state index in [0.29, 0.717) is 32.7 Å². The average molecular weight is 449 g/mol. The van der Waals surface area contributed by atoms with Crippen molar-refractivity contribution in [1.82, 2.24) is 10.3 Å². The Hall–Kier alpha value is -2.09.